The number of carbonyl (C=O) groups is 1. The lowest BCUT2D eigenvalue weighted by atomic mass is 10.2. The Morgan fingerprint density at radius 2 is 1.73 bits per heavy atom. The van der Waals surface area contributed by atoms with Gasteiger partial charge in [0, 0.05) is 18.7 Å². The van der Waals surface area contributed by atoms with Gasteiger partial charge >= 0.3 is 0 Å². The highest BCUT2D eigenvalue weighted by molar-refractivity contribution is 6.32. The van der Waals surface area contributed by atoms with Gasteiger partial charge in [-0.2, -0.15) is 5.10 Å². The molecule has 0 aliphatic carbocycles. The summed E-state index contributed by atoms with van der Waals surface area (Å²) in [4.78, 5) is 21.3. The molecule has 0 spiro atoms. The van der Waals surface area contributed by atoms with Crippen LogP contribution in [0.5, 0.6) is 0 Å². The van der Waals surface area contributed by atoms with E-state index >= 15 is 0 Å². The number of halogens is 1. The van der Waals surface area contributed by atoms with E-state index in [-0.39, 0.29) is 5.91 Å². The molecule has 0 atom stereocenters. The van der Waals surface area contributed by atoms with Crippen LogP contribution in [0.25, 0.3) is 16.7 Å². The standard InChI is InChI=1S/C22H21ClN6O/c1-14-19-20(24-12-13-25-22(30)16-8-4-3-5-9-16)26-15(2)27-21(19)29(28-14)18-11-7-6-10-17(18)23/h3-11H,12-13H2,1-2H3,(H,25,30)(H,24,26,27). The van der Waals surface area contributed by atoms with Crippen molar-refractivity contribution in [3.8, 4) is 5.69 Å². The zero-order chi connectivity index (χ0) is 21.1. The number of aryl methyl sites for hydroxylation is 2. The van der Waals surface area contributed by atoms with Crippen molar-refractivity contribution in [1.82, 2.24) is 25.1 Å². The third-order valence-electron chi connectivity index (χ3n) is 4.63. The maximum atomic E-state index is 12.2. The van der Waals surface area contributed by atoms with Gasteiger partial charge in [-0.05, 0) is 38.1 Å². The smallest absolute Gasteiger partial charge is 0.251 e. The van der Waals surface area contributed by atoms with Crippen LogP contribution < -0.4 is 10.6 Å². The molecule has 2 N–H and O–H groups in total. The summed E-state index contributed by atoms with van der Waals surface area (Å²) in [7, 11) is 0. The molecule has 0 aliphatic rings. The van der Waals surface area contributed by atoms with Gasteiger partial charge in [0.2, 0.25) is 0 Å². The molecule has 0 radical (unpaired) electrons. The molecular formula is C22H21ClN6O. The number of hydrogen-bond donors (Lipinski definition) is 2. The van der Waals surface area contributed by atoms with E-state index in [1.807, 2.05) is 56.3 Å². The highest BCUT2D eigenvalue weighted by atomic mass is 35.5. The number of aromatic nitrogens is 4. The summed E-state index contributed by atoms with van der Waals surface area (Å²) in [6.45, 7) is 4.72. The number of nitrogens with zero attached hydrogens (tertiary/aromatic N) is 4. The zero-order valence-electron chi connectivity index (χ0n) is 16.7. The van der Waals surface area contributed by atoms with Crippen molar-refractivity contribution >= 4 is 34.4 Å². The molecule has 0 fully saturated rings. The normalized spacial score (nSPS) is 10.9. The molecule has 8 heteroatoms. The average molecular weight is 421 g/mol. The second-order valence-corrected chi connectivity index (χ2v) is 7.22. The number of para-hydroxylation sites is 1. The molecule has 152 valence electrons. The second-order valence-electron chi connectivity index (χ2n) is 6.82. The Kier molecular flexibility index (Phi) is 5.63. The molecule has 0 saturated carbocycles. The Labute approximate surface area is 179 Å². The Balaban J connectivity index is 1.55. The number of nitrogens with one attached hydrogen (secondary N) is 2. The molecule has 4 rings (SSSR count). The first-order valence-electron chi connectivity index (χ1n) is 9.60. The van der Waals surface area contributed by atoms with Gasteiger partial charge in [-0.25, -0.2) is 14.6 Å². The number of hydrogen-bond acceptors (Lipinski definition) is 5. The first-order valence-corrected chi connectivity index (χ1v) is 9.98. The van der Waals surface area contributed by atoms with Crippen LogP contribution in [0.15, 0.2) is 54.6 Å². The first kappa shape index (κ1) is 19.8. The summed E-state index contributed by atoms with van der Waals surface area (Å²) >= 11 is 6.37. The van der Waals surface area contributed by atoms with E-state index in [0.717, 1.165) is 16.8 Å². The van der Waals surface area contributed by atoms with Crippen LogP contribution in [0.2, 0.25) is 5.02 Å². The zero-order valence-corrected chi connectivity index (χ0v) is 17.4. The molecule has 2 aromatic carbocycles. The number of carbonyl (C=O) groups excluding carboxylic acids is 1. The topological polar surface area (TPSA) is 84.7 Å². The van der Waals surface area contributed by atoms with Crippen molar-refractivity contribution in [2.75, 3.05) is 18.4 Å². The Morgan fingerprint density at radius 1 is 1.00 bits per heavy atom. The second kappa shape index (κ2) is 8.51. The third-order valence-corrected chi connectivity index (χ3v) is 4.95. The third kappa shape index (κ3) is 3.97. The van der Waals surface area contributed by atoms with Crippen molar-refractivity contribution in [2.24, 2.45) is 0 Å². The van der Waals surface area contributed by atoms with E-state index in [1.54, 1.807) is 16.8 Å². The first-order chi connectivity index (χ1) is 14.5. The fourth-order valence-electron chi connectivity index (χ4n) is 3.26. The Morgan fingerprint density at radius 3 is 2.50 bits per heavy atom. The molecule has 1 amide bonds. The molecule has 7 nitrogen and oxygen atoms in total. The molecule has 0 unspecified atom stereocenters. The lowest BCUT2D eigenvalue weighted by Crippen LogP contribution is -2.28. The molecule has 4 aromatic rings. The number of benzene rings is 2. The van der Waals surface area contributed by atoms with E-state index in [9.17, 15) is 4.79 Å². The van der Waals surface area contributed by atoms with Crippen LogP contribution in [-0.2, 0) is 0 Å². The van der Waals surface area contributed by atoms with Crippen LogP contribution in [0, 0.1) is 13.8 Å². The van der Waals surface area contributed by atoms with E-state index in [1.165, 1.54) is 0 Å². The molecule has 0 aliphatic heterocycles. The number of fused-ring (bicyclic) bond motifs is 1. The lowest BCUT2D eigenvalue weighted by Gasteiger charge is -2.10. The molecule has 2 heterocycles. The van der Waals surface area contributed by atoms with Crippen molar-refractivity contribution in [3.05, 3.63) is 76.7 Å². The minimum absolute atomic E-state index is 0.107. The van der Waals surface area contributed by atoms with Gasteiger partial charge in [-0.3, -0.25) is 4.79 Å². The minimum atomic E-state index is -0.107. The summed E-state index contributed by atoms with van der Waals surface area (Å²) in [5.74, 6) is 1.19. The van der Waals surface area contributed by atoms with E-state index in [2.05, 4.69) is 25.7 Å². The van der Waals surface area contributed by atoms with Gasteiger partial charge in [0.25, 0.3) is 5.91 Å². The van der Waals surface area contributed by atoms with Crippen molar-refractivity contribution in [2.45, 2.75) is 13.8 Å². The maximum absolute atomic E-state index is 12.2. The quantitative estimate of drug-likeness (QED) is 0.462. The van der Waals surface area contributed by atoms with Crippen molar-refractivity contribution < 1.29 is 4.79 Å². The van der Waals surface area contributed by atoms with Gasteiger partial charge < -0.3 is 10.6 Å². The summed E-state index contributed by atoms with van der Waals surface area (Å²) in [5.41, 5.74) is 2.87. The lowest BCUT2D eigenvalue weighted by molar-refractivity contribution is 0.0955. The number of amides is 1. The number of anilines is 1. The monoisotopic (exact) mass is 420 g/mol. The Hall–Kier alpha value is -3.45. The molecular weight excluding hydrogens is 400 g/mol. The summed E-state index contributed by atoms with van der Waals surface area (Å²) in [5, 5.41) is 12.3. The van der Waals surface area contributed by atoms with Gasteiger partial charge in [0.1, 0.15) is 11.6 Å². The summed E-state index contributed by atoms with van der Waals surface area (Å²) in [6.07, 6.45) is 0. The van der Waals surface area contributed by atoms with Gasteiger partial charge in [-0.15, -0.1) is 0 Å². The van der Waals surface area contributed by atoms with Crippen LogP contribution in [0.1, 0.15) is 21.9 Å². The van der Waals surface area contributed by atoms with Crippen LogP contribution in [0.4, 0.5) is 5.82 Å². The van der Waals surface area contributed by atoms with E-state index < -0.39 is 0 Å². The highest BCUT2D eigenvalue weighted by Crippen LogP contribution is 2.28. The van der Waals surface area contributed by atoms with E-state index in [0.29, 0.717) is 41.0 Å². The predicted octanol–water partition coefficient (Wildman–Crippen LogP) is 3.93. The highest BCUT2D eigenvalue weighted by Gasteiger charge is 2.17. The molecule has 30 heavy (non-hydrogen) atoms. The minimum Gasteiger partial charge on any atom is -0.368 e. The van der Waals surface area contributed by atoms with Gasteiger partial charge in [0.05, 0.1) is 21.8 Å². The maximum Gasteiger partial charge on any atom is 0.251 e. The average Bonchev–Trinajstić information content (AvgIpc) is 3.08. The fraction of sp³-hybridized carbons (Fsp3) is 0.182. The van der Waals surface area contributed by atoms with Crippen molar-refractivity contribution in [3.63, 3.8) is 0 Å². The van der Waals surface area contributed by atoms with Crippen LogP contribution in [-0.4, -0.2) is 38.7 Å². The van der Waals surface area contributed by atoms with Crippen molar-refractivity contribution in [1.29, 1.82) is 0 Å². The van der Waals surface area contributed by atoms with Crippen LogP contribution in [0.3, 0.4) is 0 Å². The Bertz CT molecular complexity index is 1210. The van der Waals surface area contributed by atoms with Crippen LogP contribution >= 0.6 is 11.6 Å². The SMILES string of the molecule is Cc1nc(NCCNC(=O)c2ccccc2)c2c(C)nn(-c3ccccc3Cl)c2n1. The summed E-state index contributed by atoms with van der Waals surface area (Å²) < 4.78 is 1.74. The van der Waals surface area contributed by atoms with Gasteiger partial charge in [0.15, 0.2) is 5.65 Å². The molecule has 0 saturated heterocycles. The molecule has 0 bridgehead atoms. The number of rotatable bonds is 6. The van der Waals surface area contributed by atoms with E-state index in [4.69, 9.17) is 11.6 Å². The summed E-state index contributed by atoms with van der Waals surface area (Å²) in [6, 6.07) is 16.6. The molecule has 2 aromatic heterocycles. The largest absolute Gasteiger partial charge is 0.368 e. The fourth-order valence-corrected chi connectivity index (χ4v) is 3.48. The predicted molar refractivity (Wildman–Crippen MR) is 118 cm³/mol. The van der Waals surface area contributed by atoms with Gasteiger partial charge in [-0.1, -0.05) is 41.9 Å².